The second-order valence-electron chi connectivity index (χ2n) is 3.24. The number of nitrogens with zero attached hydrogens (tertiary/aromatic N) is 1. The molecule has 1 amide bonds. The molecule has 0 saturated carbocycles. The van der Waals surface area contributed by atoms with E-state index in [1.54, 1.807) is 6.92 Å². The number of fused-ring (bicyclic) bond motifs is 1. The van der Waals surface area contributed by atoms with E-state index in [1.165, 1.54) is 11.3 Å². The van der Waals surface area contributed by atoms with Crippen molar-refractivity contribution in [2.45, 2.75) is 12.3 Å². The van der Waals surface area contributed by atoms with Crippen molar-refractivity contribution in [1.29, 1.82) is 0 Å². The molecule has 0 fully saturated rings. The summed E-state index contributed by atoms with van der Waals surface area (Å²) >= 11 is 10.5. The molecule has 2 aromatic rings. The molecule has 0 unspecified atom stereocenters. The Labute approximate surface area is 110 Å². The number of thiazole rings is 1. The van der Waals surface area contributed by atoms with E-state index in [1.807, 2.05) is 18.2 Å². The molecule has 0 spiro atoms. The molecule has 6 heteroatoms. The van der Waals surface area contributed by atoms with Crippen LogP contribution in [-0.2, 0) is 4.79 Å². The fraction of sp³-hybridized carbons (Fsp3) is 0.200. The fourth-order valence-electron chi connectivity index (χ4n) is 1.16. The standard InChI is InChI=1S/C10H8BrClN2OS/c1-5(12)9(15)14-10-13-7-3-2-6(11)4-8(7)16-10/h2-5H,1H3,(H,13,14,15)/t5-/m0/s1. The van der Waals surface area contributed by atoms with Crippen LogP contribution in [0.1, 0.15) is 6.92 Å². The lowest BCUT2D eigenvalue weighted by Crippen LogP contribution is -2.19. The lowest BCUT2D eigenvalue weighted by molar-refractivity contribution is -0.115. The Morgan fingerprint density at radius 2 is 2.38 bits per heavy atom. The third-order valence-corrected chi connectivity index (χ3v) is 3.57. The number of rotatable bonds is 2. The van der Waals surface area contributed by atoms with Gasteiger partial charge in [-0.3, -0.25) is 4.79 Å². The molecule has 1 aromatic carbocycles. The van der Waals surface area contributed by atoms with Crippen molar-refractivity contribution in [2.24, 2.45) is 0 Å². The molecular weight excluding hydrogens is 312 g/mol. The minimum absolute atomic E-state index is 0.236. The molecule has 1 aromatic heterocycles. The highest BCUT2D eigenvalue weighted by Gasteiger charge is 2.12. The molecule has 1 atom stereocenters. The first kappa shape index (κ1) is 11.8. The van der Waals surface area contributed by atoms with Gasteiger partial charge in [-0.05, 0) is 25.1 Å². The van der Waals surface area contributed by atoms with Crippen molar-refractivity contribution < 1.29 is 4.79 Å². The zero-order valence-electron chi connectivity index (χ0n) is 8.33. The largest absolute Gasteiger partial charge is 0.301 e. The lowest BCUT2D eigenvalue weighted by Gasteiger charge is -2.01. The molecule has 1 heterocycles. The third-order valence-electron chi connectivity index (χ3n) is 1.94. The topological polar surface area (TPSA) is 42.0 Å². The number of carbonyl (C=O) groups excluding carboxylic acids is 1. The number of benzene rings is 1. The van der Waals surface area contributed by atoms with Crippen LogP contribution in [0.25, 0.3) is 10.2 Å². The monoisotopic (exact) mass is 318 g/mol. The molecule has 0 bridgehead atoms. The fourth-order valence-corrected chi connectivity index (χ4v) is 2.63. The van der Waals surface area contributed by atoms with E-state index in [4.69, 9.17) is 11.6 Å². The Bertz CT molecular complexity index is 541. The number of carbonyl (C=O) groups is 1. The van der Waals surface area contributed by atoms with Gasteiger partial charge in [-0.25, -0.2) is 4.98 Å². The number of nitrogens with one attached hydrogen (secondary N) is 1. The highest BCUT2D eigenvalue weighted by Crippen LogP contribution is 2.28. The number of hydrogen-bond donors (Lipinski definition) is 1. The van der Waals surface area contributed by atoms with Crippen LogP contribution in [-0.4, -0.2) is 16.3 Å². The number of anilines is 1. The quantitative estimate of drug-likeness (QED) is 0.859. The summed E-state index contributed by atoms with van der Waals surface area (Å²) in [5.74, 6) is -0.236. The van der Waals surface area contributed by atoms with Crippen molar-refractivity contribution in [3.05, 3.63) is 22.7 Å². The van der Waals surface area contributed by atoms with Crippen LogP contribution in [0.5, 0.6) is 0 Å². The van der Waals surface area contributed by atoms with Gasteiger partial charge in [0.25, 0.3) is 0 Å². The highest BCUT2D eigenvalue weighted by molar-refractivity contribution is 9.10. The van der Waals surface area contributed by atoms with Gasteiger partial charge in [0.05, 0.1) is 10.2 Å². The van der Waals surface area contributed by atoms with Crippen molar-refractivity contribution in [1.82, 2.24) is 4.98 Å². The maximum Gasteiger partial charge on any atom is 0.243 e. The summed E-state index contributed by atoms with van der Waals surface area (Å²) in [6.45, 7) is 1.63. The van der Waals surface area contributed by atoms with Gasteiger partial charge in [-0.2, -0.15) is 0 Å². The molecule has 0 radical (unpaired) electrons. The Hall–Kier alpha value is -0.650. The number of halogens is 2. The number of hydrogen-bond acceptors (Lipinski definition) is 3. The zero-order chi connectivity index (χ0) is 11.7. The van der Waals surface area contributed by atoms with Gasteiger partial charge in [-0.1, -0.05) is 27.3 Å². The first-order valence-electron chi connectivity index (χ1n) is 4.57. The van der Waals surface area contributed by atoms with Gasteiger partial charge in [-0.15, -0.1) is 11.6 Å². The van der Waals surface area contributed by atoms with Crippen LogP contribution < -0.4 is 5.32 Å². The van der Waals surface area contributed by atoms with Crippen molar-refractivity contribution in [2.75, 3.05) is 5.32 Å². The second-order valence-corrected chi connectivity index (χ2v) is 5.84. The van der Waals surface area contributed by atoms with Crippen LogP contribution in [0.15, 0.2) is 22.7 Å². The first-order chi connectivity index (χ1) is 7.56. The molecular formula is C10H8BrClN2OS. The van der Waals surface area contributed by atoms with Gasteiger partial charge in [0, 0.05) is 4.47 Å². The molecule has 1 N–H and O–H groups in total. The molecule has 2 rings (SSSR count). The second kappa shape index (κ2) is 4.69. The van der Waals surface area contributed by atoms with Gasteiger partial charge in [0.1, 0.15) is 5.38 Å². The Morgan fingerprint density at radius 3 is 3.06 bits per heavy atom. The number of aromatic nitrogens is 1. The molecule has 0 aliphatic carbocycles. The van der Waals surface area contributed by atoms with Crippen LogP contribution in [0.2, 0.25) is 0 Å². The summed E-state index contributed by atoms with van der Waals surface area (Å²) in [6.07, 6.45) is 0. The maximum absolute atomic E-state index is 11.4. The molecule has 3 nitrogen and oxygen atoms in total. The van der Waals surface area contributed by atoms with Crippen molar-refractivity contribution in [3.8, 4) is 0 Å². The average Bonchev–Trinajstić information content (AvgIpc) is 2.58. The van der Waals surface area contributed by atoms with E-state index in [2.05, 4.69) is 26.2 Å². The SMILES string of the molecule is C[C@H](Cl)C(=O)Nc1nc2ccc(Br)cc2s1. The van der Waals surface area contributed by atoms with Crippen LogP contribution in [0, 0.1) is 0 Å². The smallest absolute Gasteiger partial charge is 0.243 e. The maximum atomic E-state index is 11.4. The number of alkyl halides is 1. The molecule has 84 valence electrons. The predicted molar refractivity (Wildman–Crippen MR) is 71.3 cm³/mol. The van der Waals surface area contributed by atoms with Crippen molar-refractivity contribution >= 4 is 60.1 Å². The van der Waals surface area contributed by atoms with Crippen LogP contribution in [0.3, 0.4) is 0 Å². The van der Waals surface area contributed by atoms with Crippen molar-refractivity contribution in [3.63, 3.8) is 0 Å². The van der Waals surface area contributed by atoms with Gasteiger partial charge in [0.15, 0.2) is 5.13 Å². The van der Waals surface area contributed by atoms with Gasteiger partial charge < -0.3 is 5.32 Å². The highest BCUT2D eigenvalue weighted by atomic mass is 79.9. The summed E-state index contributed by atoms with van der Waals surface area (Å²) < 4.78 is 2.01. The van der Waals surface area contributed by atoms with E-state index in [0.29, 0.717) is 5.13 Å². The minimum atomic E-state index is -0.557. The van der Waals surface area contributed by atoms with E-state index >= 15 is 0 Å². The Balaban J connectivity index is 2.29. The molecule has 16 heavy (non-hydrogen) atoms. The van der Waals surface area contributed by atoms with E-state index in [9.17, 15) is 4.79 Å². The minimum Gasteiger partial charge on any atom is -0.301 e. The molecule has 0 saturated heterocycles. The molecule has 0 aliphatic heterocycles. The average molecular weight is 320 g/mol. The van der Waals surface area contributed by atoms with E-state index in [-0.39, 0.29) is 5.91 Å². The zero-order valence-corrected chi connectivity index (χ0v) is 11.5. The summed E-state index contributed by atoms with van der Waals surface area (Å²) in [5.41, 5.74) is 0.866. The van der Waals surface area contributed by atoms with Crippen LogP contribution in [0.4, 0.5) is 5.13 Å². The normalized spacial score (nSPS) is 12.7. The van der Waals surface area contributed by atoms with Crippen LogP contribution >= 0.6 is 38.9 Å². The summed E-state index contributed by atoms with van der Waals surface area (Å²) in [5, 5.41) is 2.69. The number of amides is 1. The van der Waals surface area contributed by atoms with Gasteiger partial charge >= 0.3 is 0 Å². The Morgan fingerprint density at radius 1 is 1.62 bits per heavy atom. The molecule has 0 aliphatic rings. The lowest BCUT2D eigenvalue weighted by atomic mass is 10.3. The third kappa shape index (κ3) is 2.53. The summed E-state index contributed by atoms with van der Waals surface area (Å²) in [6, 6.07) is 5.78. The van der Waals surface area contributed by atoms with Gasteiger partial charge in [0.2, 0.25) is 5.91 Å². The Kier molecular flexibility index (Phi) is 3.47. The summed E-state index contributed by atoms with van der Waals surface area (Å²) in [4.78, 5) is 15.7. The van der Waals surface area contributed by atoms with E-state index in [0.717, 1.165) is 14.7 Å². The predicted octanol–water partition coefficient (Wildman–Crippen LogP) is 3.62. The summed E-state index contributed by atoms with van der Waals surface area (Å²) in [7, 11) is 0. The first-order valence-corrected chi connectivity index (χ1v) is 6.62. The van der Waals surface area contributed by atoms with E-state index < -0.39 is 5.38 Å².